The smallest absolute Gasteiger partial charge is 0.357 e. The van der Waals surface area contributed by atoms with Gasteiger partial charge in [-0.2, -0.15) is 0 Å². The van der Waals surface area contributed by atoms with Gasteiger partial charge in [0.1, 0.15) is 19.2 Å². The number of hydrogen-bond acceptors (Lipinski definition) is 7. The first kappa shape index (κ1) is 37.7. The first-order chi connectivity index (χ1) is 18.7. The number of fused-ring (bicyclic) bond motifs is 2. The number of hydrogen-bond donors (Lipinski definition) is 1. The summed E-state index contributed by atoms with van der Waals surface area (Å²) < 4.78 is 35.0. The van der Waals surface area contributed by atoms with E-state index in [-0.39, 0.29) is 27.3 Å². The Morgan fingerprint density at radius 3 is 1.93 bits per heavy atom. The van der Waals surface area contributed by atoms with Crippen molar-refractivity contribution in [3.8, 4) is 0 Å². The van der Waals surface area contributed by atoms with Crippen molar-refractivity contribution in [2.75, 3.05) is 20.3 Å². The van der Waals surface area contributed by atoms with Crippen molar-refractivity contribution in [1.82, 2.24) is 9.13 Å². The molecule has 1 N–H and O–H groups in total. The molecule has 0 saturated carbocycles. The predicted octanol–water partition coefficient (Wildman–Crippen LogP) is 8.93. The molecule has 0 aliphatic carbocycles. The first-order valence-electron chi connectivity index (χ1n) is 13.0. The highest BCUT2D eigenvalue weighted by Crippen LogP contribution is 2.30. The molecule has 0 atom stereocenters. The zero-order valence-electron chi connectivity index (χ0n) is 24.2. The summed E-state index contributed by atoms with van der Waals surface area (Å²) in [4.78, 5) is 23.0. The van der Waals surface area contributed by atoms with Crippen LogP contribution in [-0.2, 0) is 27.7 Å². The molecule has 8 nitrogen and oxygen atoms in total. The van der Waals surface area contributed by atoms with E-state index in [2.05, 4.69) is 44.0 Å². The number of thiophene rings is 2. The van der Waals surface area contributed by atoms with Crippen molar-refractivity contribution in [2.24, 2.45) is 0 Å². The topological polar surface area (TPSA) is 91.9 Å². The second-order valence-electron chi connectivity index (χ2n) is 11.8. The monoisotopic (exact) mass is 658 g/mol. The minimum Gasteiger partial charge on any atom is -0.477 e. The molecule has 0 aliphatic heterocycles. The summed E-state index contributed by atoms with van der Waals surface area (Å²) in [6.45, 7) is 15.5. The van der Waals surface area contributed by atoms with Gasteiger partial charge in [-0.3, -0.25) is 0 Å². The summed E-state index contributed by atoms with van der Waals surface area (Å²) in [5.74, 6) is -2.11. The Kier molecular flexibility index (Phi) is 14.3. The van der Waals surface area contributed by atoms with Gasteiger partial charge in [-0.15, -0.1) is 22.7 Å². The van der Waals surface area contributed by atoms with Crippen LogP contribution < -0.4 is 0 Å². The second-order valence-corrected chi connectivity index (χ2v) is 25.0. The number of halogens is 1. The number of rotatable bonds is 12. The standard InChI is InChI=1S/C14H20FNO3SSi.C13H19NO3SSi.2CH4/c1-18-14(17)12-11(15)13-10(5-7-20-13)16(12)9-19-6-8-21(2,3)4;1-19(2,3)7-5-17-9-14-10-4-6-18-12(10)8-11(14)13(15)16;;/h5,7H,6,8-9H2,1-4H3;4,6,8H,5,7,9H2,1-3H3,(H,15,16);2*1H4. The van der Waals surface area contributed by atoms with Crippen molar-refractivity contribution in [3.63, 3.8) is 0 Å². The van der Waals surface area contributed by atoms with Crippen molar-refractivity contribution in [3.05, 3.63) is 46.2 Å². The third kappa shape index (κ3) is 9.88. The van der Waals surface area contributed by atoms with Crippen molar-refractivity contribution in [2.45, 2.75) is 79.7 Å². The van der Waals surface area contributed by atoms with E-state index in [0.717, 1.165) is 22.3 Å². The molecule has 0 amide bonds. The Morgan fingerprint density at radius 1 is 0.881 bits per heavy atom. The van der Waals surface area contributed by atoms with E-state index in [0.29, 0.717) is 35.9 Å². The van der Waals surface area contributed by atoms with E-state index in [1.54, 1.807) is 38.0 Å². The lowest BCUT2D eigenvalue weighted by Crippen LogP contribution is -2.22. The van der Waals surface area contributed by atoms with E-state index in [4.69, 9.17) is 9.47 Å². The van der Waals surface area contributed by atoms with Crippen LogP contribution in [0, 0.1) is 5.82 Å². The van der Waals surface area contributed by atoms with Crippen LogP contribution in [0.15, 0.2) is 29.0 Å². The van der Waals surface area contributed by atoms with Crippen molar-refractivity contribution >= 4 is 71.2 Å². The SMILES string of the molecule is C.C.COC(=O)c1c(F)c2sccc2n1COCC[Si](C)(C)C.C[Si](C)(C)CCOCn1c(C(=O)O)cc2sccc21. The van der Waals surface area contributed by atoms with Gasteiger partial charge in [0.2, 0.25) is 0 Å². The second kappa shape index (κ2) is 16.0. The van der Waals surface area contributed by atoms with Crippen LogP contribution in [0.1, 0.15) is 35.8 Å². The Hall–Kier alpha value is -2.30. The number of carbonyl (C=O) groups excluding carboxylic acids is 1. The van der Waals surface area contributed by atoms with Gasteiger partial charge in [0.25, 0.3) is 0 Å². The van der Waals surface area contributed by atoms with Crippen LogP contribution in [-0.4, -0.2) is 62.7 Å². The zero-order chi connectivity index (χ0) is 29.7. The molecule has 4 heterocycles. The molecule has 4 rings (SSSR count). The minimum absolute atomic E-state index is 0. The molecule has 0 bridgehead atoms. The Morgan fingerprint density at radius 2 is 1.40 bits per heavy atom. The van der Waals surface area contributed by atoms with Gasteiger partial charge in [0, 0.05) is 29.4 Å². The number of aromatic carboxylic acids is 1. The average Bonchev–Trinajstić information content (AvgIpc) is 3.62. The fourth-order valence-corrected chi connectivity index (χ4v) is 6.99. The van der Waals surface area contributed by atoms with Crippen molar-refractivity contribution < 1.29 is 33.3 Å². The van der Waals surface area contributed by atoms with Gasteiger partial charge in [0.15, 0.2) is 11.5 Å². The van der Waals surface area contributed by atoms with Crippen LogP contribution >= 0.6 is 22.7 Å². The summed E-state index contributed by atoms with van der Waals surface area (Å²) in [5, 5.41) is 13.0. The van der Waals surface area contributed by atoms with E-state index in [9.17, 15) is 19.1 Å². The van der Waals surface area contributed by atoms with E-state index in [1.807, 2.05) is 11.4 Å². The van der Waals surface area contributed by atoms with Gasteiger partial charge in [-0.05, 0) is 41.0 Å². The molecule has 0 radical (unpaired) electrons. The normalized spacial score (nSPS) is 11.5. The lowest BCUT2D eigenvalue weighted by molar-refractivity contribution is 0.0537. The summed E-state index contributed by atoms with van der Waals surface area (Å²) in [5.41, 5.74) is 1.85. The van der Waals surface area contributed by atoms with Gasteiger partial charge >= 0.3 is 11.9 Å². The molecule has 0 aromatic carbocycles. The van der Waals surface area contributed by atoms with Gasteiger partial charge in [-0.1, -0.05) is 54.1 Å². The van der Waals surface area contributed by atoms with Gasteiger partial charge < -0.3 is 28.5 Å². The molecular formula is C29H47FN2O6S2Si2. The molecule has 0 saturated heterocycles. The van der Waals surface area contributed by atoms with Crippen LogP contribution in [0.25, 0.3) is 20.4 Å². The highest BCUT2D eigenvalue weighted by molar-refractivity contribution is 7.17. The number of ether oxygens (including phenoxy) is 3. The van der Waals surface area contributed by atoms with E-state index >= 15 is 0 Å². The zero-order valence-corrected chi connectivity index (χ0v) is 27.8. The highest BCUT2D eigenvalue weighted by atomic mass is 32.1. The Balaban J connectivity index is 0.000000403. The molecular weight excluding hydrogens is 612 g/mol. The van der Waals surface area contributed by atoms with Gasteiger partial charge in [0.05, 0.1) is 27.5 Å². The van der Waals surface area contributed by atoms with Crippen LogP contribution in [0.5, 0.6) is 0 Å². The molecule has 4 aromatic heterocycles. The molecule has 42 heavy (non-hydrogen) atoms. The fraction of sp³-hybridized carbons (Fsp3) is 0.517. The lowest BCUT2D eigenvalue weighted by atomic mass is 10.4. The minimum atomic E-state index is -1.17. The molecule has 0 fully saturated rings. The Bertz CT molecular complexity index is 1450. The number of carboxylic acids is 1. The fourth-order valence-electron chi connectivity index (χ4n) is 3.82. The lowest BCUT2D eigenvalue weighted by Gasteiger charge is -2.16. The molecule has 0 spiro atoms. The van der Waals surface area contributed by atoms with Gasteiger partial charge in [-0.25, -0.2) is 14.0 Å². The molecule has 0 aliphatic rings. The molecule has 0 unspecified atom stereocenters. The number of carboxylic acid groups (broad SMARTS) is 1. The van der Waals surface area contributed by atoms with Crippen LogP contribution in [0.3, 0.4) is 0 Å². The largest absolute Gasteiger partial charge is 0.477 e. The number of aromatic nitrogens is 2. The third-order valence-electron chi connectivity index (χ3n) is 6.17. The number of esters is 1. The van der Waals surface area contributed by atoms with Crippen LogP contribution in [0.2, 0.25) is 51.4 Å². The maximum absolute atomic E-state index is 14.3. The molecule has 13 heteroatoms. The predicted molar refractivity (Wildman–Crippen MR) is 180 cm³/mol. The maximum atomic E-state index is 14.3. The van der Waals surface area contributed by atoms with E-state index < -0.39 is 33.9 Å². The average molecular weight is 659 g/mol. The molecule has 4 aromatic rings. The molecule has 236 valence electrons. The highest BCUT2D eigenvalue weighted by Gasteiger charge is 2.25. The quantitative estimate of drug-likeness (QED) is 0.0929. The number of carbonyl (C=O) groups is 2. The summed E-state index contributed by atoms with van der Waals surface area (Å²) in [6.07, 6.45) is 0. The number of methoxy groups -OCH3 is 1. The number of nitrogens with zero attached hydrogens (tertiary/aromatic N) is 2. The van der Waals surface area contributed by atoms with Crippen LogP contribution in [0.4, 0.5) is 4.39 Å². The summed E-state index contributed by atoms with van der Waals surface area (Å²) >= 11 is 2.82. The van der Waals surface area contributed by atoms with Crippen molar-refractivity contribution in [1.29, 1.82) is 0 Å². The summed E-state index contributed by atoms with van der Waals surface area (Å²) in [7, 11) is -1.03. The summed E-state index contributed by atoms with van der Waals surface area (Å²) in [6, 6.07) is 7.55. The first-order valence-corrected chi connectivity index (χ1v) is 22.2. The maximum Gasteiger partial charge on any atom is 0.357 e. The van der Waals surface area contributed by atoms with E-state index in [1.165, 1.54) is 18.4 Å². The Labute approximate surface area is 259 Å². The third-order valence-corrected chi connectivity index (χ3v) is 11.3.